The lowest BCUT2D eigenvalue weighted by molar-refractivity contribution is -0.114. The van der Waals surface area contributed by atoms with Gasteiger partial charge < -0.3 is 10.1 Å². The average molecular weight is 469 g/mol. The summed E-state index contributed by atoms with van der Waals surface area (Å²) >= 11 is 3.30. The Balaban J connectivity index is 2.18. The molecule has 0 saturated carbocycles. The largest absolute Gasteiger partial charge is 0.462 e. The molecule has 1 amide bonds. The maximum atomic E-state index is 12.5. The van der Waals surface area contributed by atoms with Crippen LogP contribution in [0.4, 0.5) is 11.4 Å². The van der Waals surface area contributed by atoms with Gasteiger partial charge in [-0.15, -0.1) is 0 Å². The highest BCUT2D eigenvalue weighted by molar-refractivity contribution is 9.10. The fourth-order valence-corrected chi connectivity index (χ4v) is 3.73. The van der Waals surface area contributed by atoms with E-state index in [1.807, 2.05) is 0 Å². The minimum Gasteiger partial charge on any atom is -0.462 e. The van der Waals surface area contributed by atoms with Crippen LogP contribution in [0.3, 0.4) is 0 Å². The summed E-state index contributed by atoms with van der Waals surface area (Å²) in [6.07, 6.45) is 1.04. The van der Waals surface area contributed by atoms with Crippen LogP contribution in [-0.4, -0.2) is 39.7 Å². The Kier molecular flexibility index (Phi) is 7.20. The van der Waals surface area contributed by atoms with Crippen molar-refractivity contribution in [3.63, 3.8) is 0 Å². The molecule has 9 heteroatoms. The second-order valence-electron chi connectivity index (χ2n) is 6.05. The molecule has 150 valence electrons. The summed E-state index contributed by atoms with van der Waals surface area (Å²) in [5.74, 6) is -0.946. The summed E-state index contributed by atoms with van der Waals surface area (Å²) in [5.41, 5.74) is 1.90. The molecule has 0 aliphatic carbocycles. The molecule has 0 aliphatic rings. The molecule has 0 atom stereocenters. The number of carbonyl (C=O) groups excluding carboxylic acids is 2. The van der Waals surface area contributed by atoms with E-state index >= 15 is 0 Å². The van der Waals surface area contributed by atoms with Crippen LogP contribution in [-0.2, 0) is 19.6 Å². The summed E-state index contributed by atoms with van der Waals surface area (Å²) in [7, 11) is -3.67. The van der Waals surface area contributed by atoms with E-state index in [0.29, 0.717) is 27.0 Å². The third-order valence-electron chi connectivity index (χ3n) is 3.80. The molecule has 1 N–H and O–H groups in total. The number of aryl methyl sites for hydroxylation is 1. The fraction of sp³-hybridized carbons (Fsp3) is 0.263. The minimum absolute atomic E-state index is 0.271. The van der Waals surface area contributed by atoms with E-state index in [2.05, 4.69) is 21.2 Å². The number of carbonyl (C=O) groups is 2. The molecular weight excluding hydrogens is 448 g/mol. The van der Waals surface area contributed by atoms with Gasteiger partial charge in [-0.1, -0.05) is 22.0 Å². The van der Waals surface area contributed by atoms with Crippen molar-refractivity contribution in [2.45, 2.75) is 13.8 Å². The molecule has 28 heavy (non-hydrogen) atoms. The number of nitrogens with zero attached hydrogens (tertiary/aromatic N) is 1. The minimum atomic E-state index is -3.67. The van der Waals surface area contributed by atoms with Gasteiger partial charge in [0.25, 0.3) is 0 Å². The SMILES string of the molecule is CCOC(=O)c1ccc(NC(=O)CN(c2cccc(Br)c2)S(C)(=O)=O)c(C)c1. The molecule has 0 bridgehead atoms. The standard InChI is InChI=1S/C19H21BrN2O5S/c1-4-27-19(24)14-8-9-17(13(2)10-14)21-18(23)12-22(28(3,25)26)16-7-5-6-15(20)11-16/h5-11H,4,12H2,1-3H3,(H,21,23). The summed E-state index contributed by atoms with van der Waals surface area (Å²) in [6.45, 7) is 3.35. The smallest absolute Gasteiger partial charge is 0.338 e. The van der Waals surface area contributed by atoms with Crippen molar-refractivity contribution in [3.05, 3.63) is 58.1 Å². The summed E-state index contributed by atoms with van der Waals surface area (Å²) in [6, 6.07) is 11.4. The van der Waals surface area contributed by atoms with Crippen LogP contribution in [0.15, 0.2) is 46.9 Å². The van der Waals surface area contributed by atoms with Gasteiger partial charge in [0, 0.05) is 10.2 Å². The average Bonchev–Trinajstić information content (AvgIpc) is 2.60. The van der Waals surface area contributed by atoms with Gasteiger partial charge in [-0.25, -0.2) is 13.2 Å². The molecule has 0 spiro atoms. The molecule has 0 radical (unpaired) electrons. The first-order chi connectivity index (χ1) is 13.1. The molecule has 2 aromatic carbocycles. The van der Waals surface area contributed by atoms with E-state index in [1.165, 1.54) is 0 Å². The first kappa shape index (κ1) is 21.9. The van der Waals surface area contributed by atoms with Crippen molar-refractivity contribution in [1.82, 2.24) is 0 Å². The van der Waals surface area contributed by atoms with E-state index in [-0.39, 0.29) is 13.2 Å². The molecule has 0 heterocycles. The van der Waals surface area contributed by atoms with Gasteiger partial charge in [-0.3, -0.25) is 9.10 Å². The van der Waals surface area contributed by atoms with Gasteiger partial charge in [0.1, 0.15) is 6.54 Å². The van der Waals surface area contributed by atoms with E-state index < -0.39 is 21.9 Å². The number of benzene rings is 2. The summed E-state index contributed by atoms with van der Waals surface area (Å²) in [5, 5.41) is 2.69. The molecule has 2 rings (SSSR count). The second-order valence-corrected chi connectivity index (χ2v) is 8.87. The van der Waals surface area contributed by atoms with Crippen molar-refractivity contribution in [2.24, 2.45) is 0 Å². The lowest BCUT2D eigenvalue weighted by Crippen LogP contribution is -2.37. The normalized spacial score (nSPS) is 11.0. The Bertz CT molecular complexity index is 992. The quantitative estimate of drug-likeness (QED) is 0.628. The van der Waals surface area contributed by atoms with Gasteiger partial charge in [0.15, 0.2) is 0 Å². The Morgan fingerprint density at radius 1 is 1.18 bits per heavy atom. The highest BCUT2D eigenvalue weighted by Crippen LogP contribution is 2.23. The van der Waals surface area contributed by atoms with Crippen LogP contribution in [0.25, 0.3) is 0 Å². The molecule has 7 nitrogen and oxygen atoms in total. The Morgan fingerprint density at radius 3 is 2.46 bits per heavy atom. The zero-order valence-corrected chi connectivity index (χ0v) is 18.1. The zero-order chi connectivity index (χ0) is 20.9. The number of hydrogen-bond acceptors (Lipinski definition) is 5. The van der Waals surface area contributed by atoms with E-state index in [4.69, 9.17) is 4.74 Å². The van der Waals surface area contributed by atoms with Gasteiger partial charge >= 0.3 is 5.97 Å². The fourth-order valence-electron chi connectivity index (χ4n) is 2.50. The Labute approximate surface area is 172 Å². The van der Waals surface area contributed by atoms with Crippen LogP contribution in [0, 0.1) is 6.92 Å². The number of sulfonamides is 1. The van der Waals surface area contributed by atoms with Crippen molar-refractivity contribution in [3.8, 4) is 0 Å². The monoisotopic (exact) mass is 468 g/mol. The van der Waals surface area contributed by atoms with Crippen molar-refractivity contribution in [2.75, 3.05) is 29.0 Å². The van der Waals surface area contributed by atoms with Crippen LogP contribution in [0.5, 0.6) is 0 Å². The molecule has 0 aromatic heterocycles. The van der Waals surface area contributed by atoms with Gasteiger partial charge in [0.05, 0.1) is 24.1 Å². The summed E-state index contributed by atoms with van der Waals surface area (Å²) in [4.78, 5) is 24.3. The second kappa shape index (κ2) is 9.20. The zero-order valence-electron chi connectivity index (χ0n) is 15.7. The maximum Gasteiger partial charge on any atom is 0.338 e. The van der Waals surface area contributed by atoms with Gasteiger partial charge in [0.2, 0.25) is 15.9 Å². The lowest BCUT2D eigenvalue weighted by atomic mass is 10.1. The predicted octanol–water partition coefficient (Wildman–Crippen LogP) is 3.34. The van der Waals surface area contributed by atoms with Crippen LogP contribution in [0.2, 0.25) is 0 Å². The number of amides is 1. The molecule has 2 aromatic rings. The number of esters is 1. The van der Waals surface area contributed by atoms with Crippen LogP contribution >= 0.6 is 15.9 Å². The number of halogens is 1. The van der Waals surface area contributed by atoms with Gasteiger partial charge in [-0.2, -0.15) is 0 Å². The van der Waals surface area contributed by atoms with E-state index in [9.17, 15) is 18.0 Å². The highest BCUT2D eigenvalue weighted by Gasteiger charge is 2.21. The number of nitrogens with one attached hydrogen (secondary N) is 1. The first-order valence-electron chi connectivity index (χ1n) is 8.42. The Morgan fingerprint density at radius 2 is 1.89 bits per heavy atom. The van der Waals surface area contributed by atoms with Crippen molar-refractivity contribution in [1.29, 1.82) is 0 Å². The van der Waals surface area contributed by atoms with Crippen molar-refractivity contribution < 1.29 is 22.7 Å². The van der Waals surface area contributed by atoms with Crippen molar-refractivity contribution >= 4 is 49.2 Å². The van der Waals surface area contributed by atoms with E-state index in [1.54, 1.807) is 56.3 Å². The third-order valence-corrected chi connectivity index (χ3v) is 5.43. The number of ether oxygens (including phenoxy) is 1. The topological polar surface area (TPSA) is 92.8 Å². The number of anilines is 2. The molecule has 0 unspecified atom stereocenters. The van der Waals surface area contributed by atoms with E-state index in [0.717, 1.165) is 10.6 Å². The summed E-state index contributed by atoms with van der Waals surface area (Å²) < 4.78 is 31.0. The highest BCUT2D eigenvalue weighted by atomic mass is 79.9. The molecule has 0 saturated heterocycles. The maximum absolute atomic E-state index is 12.5. The van der Waals surface area contributed by atoms with Crippen LogP contribution < -0.4 is 9.62 Å². The Hall–Kier alpha value is -2.39. The molecule has 0 fully saturated rings. The predicted molar refractivity (Wildman–Crippen MR) is 112 cm³/mol. The number of rotatable bonds is 7. The first-order valence-corrected chi connectivity index (χ1v) is 11.1. The molecule has 0 aliphatic heterocycles. The van der Waals surface area contributed by atoms with Gasteiger partial charge in [-0.05, 0) is 55.8 Å². The lowest BCUT2D eigenvalue weighted by Gasteiger charge is -2.22. The molecular formula is C19H21BrN2O5S. The number of hydrogen-bond donors (Lipinski definition) is 1. The van der Waals surface area contributed by atoms with Crippen LogP contribution in [0.1, 0.15) is 22.8 Å². The third kappa shape index (κ3) is 5.80.